The molecular weight excluding hydrogens is 328 g/mol. The van der Waals surface area contributed by atoms with Crippen LogP contribution in [0.1, 0.15) is 18.4 Å². The zero-order valence-electron chi connectivity index (χ0n) is 13.6. The van der Waals surface area contributed by atoms with Crippen molar-refractivity contribution in [3.05, 3.63) is 64.1 Å². The van der Waals surface area contributed by atoms with Gasteiger partial charge in [-0.15, -0.1) is 0 Å². The second kappa shape index (κ2) is 7.91. The van der Waals surface area contributed by atoms with E-state index in [0.29, 0.717) is 11.5 Å². The van der Waals surface area contributed by atoms with E-state index in [0.717, 1.165) is 6.08 Å². The van der Waals surface area contributed by atoms with Crippen LogP contribution >= 0.6 is 0 Å². The molecule has 2 aromatic rings. The molecule has 0 fully saturated rings. The molecule has 2 rings (SSSR count). The van der Waals surface area contributed by atoms with Crippen LogP contribution < -0.4 is 5.32 Å². The monoisotopic (exact) mass is 344 g/mol. The maximum Gasteiger partial charge on any atom is 0.331 e. The number of anilines is 1. The first-order valence-electron chi connectivity index (χ1n) is 7.36. The molecule has 8 heteroatoms. The Kier molecular flexibility index (Phi) is 5.67. The van der Waals surface area contributed by atoms with Crippen LogP contribution in [0, 0.1) is 17.0 Å². The Morgan fingerprint density at radius 2 is 2.00 bits per heavy atom. The van der Waals surface area contributed by atoms with Crippen molar-refractivity contribution in [3.8, 4) is 0 Å². The number of carbonyl (C=O) groups excluding carboxylic acids is 2. The molecular formula is C17H16N2O6. The number of nitrogens with zero attached hydrogens (tertiary/aromatic N) is 1. The van der Waals surface area contributed by atoms with E-state index in [9.17, 15) is 19.7 Å². The Hall–Kier alpha value is -3.42. The third-order valence-corrected chi connectivity index (χ3v) is 3.17. The van der Waals surface area contributed by atoms with Gasteiger partial charge in [0.2, 0.25) is 0 Å². The number of nitrogens with one attached hydrogen (secondary N) is 1. The molecule has 1 atom stereocenters. The number of esters is 1. The van der Waals surface area contributed by atoms with Crippen LogP contribution in [0.3, 0.4) is 0 Å². The lowest BCUT2D eigenvalue weighted by Crippen LogP contribution is -2.29. The van der Waals surface area contributed by atoms with Gasteiger partial charge in [-0.1, -0.05) is 12.1 Å². The van der Waals surface area contributed by atoms with Gasteiger partial charge < -0.3 is 14.5 Å². The summed E-state index contributed by atoms with van der Waals surface area (Å²) in [5.41, 5.74) is -0.218. The second-order valence-electron chi connectivity index (χ2n) is 5.12. The van der Waals surface area contributed by atoms with Crippen molar-refractivity contribution >= 4 is 29.3 Å². The van der Waals surface area contributed by atoms with Crippen molar-refractivity contribution in [2.24, 2.45) is 0 Å². The smallest absolute Gasteiger partial charge is 0.331 e. The summed E-state index contributed by atoms with van der Waals surface area (Å²) in [5.74, 6) is -0.235. The summed E-state index contributed by atoms with van der Waals surface area (Å²) in [7, 11) is 0. The number of aryl methyl sites for hydroxylation is 1. The van der Waals surface area contributed by atoms with Crippen molar-refractivity contribution in [1.29, 1.82) is 0 Å². The lowest BCUT2D eigenvalue weighted by molar-refractivity contribution is -0.383. The standard InChI is InChI=1S/C17H16N2O6/c1-11-7-8-13(24-11)9-10-16(20)25-12(2)17(21)18-14-5-3-4-6-15(14)19(22)23/h3-10,12H,1-2H3,(H,18,21)/b10-9+/t12-/m0/s1. The van der Waals surface area contributed by atoms with Gasteiger partial charge in [0.15, 0.2) is 6.10 Å². The highest BCUT2D eigenvalue weighted by molar-refractivity contribution is 5.98. The van der Waals surface area contributed by atoms with Crippen LogP contribution in [0.5, 0.6) is 0 Å². The number of hydrogen-bond donors (Lipinski definition) is 1. The molecule has 0 aliphatic carbocycles. The molecule has 25 heavy (non-hydrogen) atoms. The largest absolute Gasteiger partial charge is 0.462 e. The number of hydrogen-bond acceptors (Lipinski definition) is 6. The number of carbonyl (C=O) groups is 2. The first kappa shape index (κ1) is 17.9. The SMILES string of the molecule is Cc1ccc(/C=C/C(=O)O[C@@H](C)C(=O)Nc2ccccc2[N+](=O)[O-])o1. The Morgan fingerprint density at radius 3 is 2.64 bits per heavy atom. The summed E-state index contributed by atoms with van der Waals surface area (Å²) in [5, 5.41) is 13.3. The maximum atomic E-state index is 12.0. The Morgan fingerprint density at radius 1 is 1.28 bits per heavy atom. The van der Waals surface area contributed by atoms with Crippen LogP contribution in [-0.4, -0.2) is 22.9 Å². The summed E-state index contributed by atoms with van der Waals surface area (Å²) < 4.78 is 10.2. The predicted octanol–water partition coefficient (Wildman–Crippen LogP) is 3.08. The summed E-state index contributed by atoms with van der Waals surface area (Å²) in [6, 6.07) is 9.12. The van der Waals surface area contributed by atoms with Gasteiger partial charge in [0.05, 0.1) is 4.92 Å². The molecule has 1 aromatic heterocycles. The van der Waals surface area contributed by atoms with E-state index in [1.54, 1.807) is 25.1 Å². The quantitative estimate of drug-likeness (QED) is 0.373. The molecule has 0 saturated heterocycles. The van der Waals surface area contributed by atoms with Gasteiger partial charge in [-0.05, 0) is 38.1 Å². The third kappa shape index (κ3) is 5.03. The lowest BCUT2D eigenvalue weighted by atomic mass is 10.2. The zero-order valence-corrected chi connectivity index (χ0v) is 13.6. The fourth-order valence-corrected chi connectivity index (χ4v) is 1.93. The van der Waals surface area contributed by atoms with Gasteiger partial charge in [-0.3, -0.25) is 14.9 Å². The Labute approximate surface area is 143 Å². The predicted molar refractivity (Wildman–Crippen MR) is 89.8 cm³/mol. The Balaban J connectivity index is 1.95. The van der Waals surface area contributed by atoms with E-state index in [4.69, 9.17) is 9.15 Å². The highest BCUT2D eigenvalue weighted by Crippen LogP contribution is 2.23. The minimum Gasteiger partial charge on any atom is -0.462 e. The van der Waals surface area contributed by atoms with Crippen LogP contribution in [0.25, 0.3) is 6.08 Å². The molecule has 0 saturated carbocycles. The van der Waals surface area contributed by atoms with Gasteiger partial charge in [0.25, 0.3) is 11.6 Å². The number of amides is 1. The molecule has 0 bridgehead atoms. The fraction of sp³-hybridized carbons (Fsp3) is 0.176. The average molecular weight is 344 g/mol. The summed E-state index contributed by atoms with van der Waals surface area (Å²) in [6.45, 7) is 3.14. The van der Waals surface area contributed by atoms with Crippen molar-refractivity contribution in [2.75, 3.05) is 5.32 Å². The molecule has 1 N–H and O–H groups in total. The molecule has 0 aliphatic rings. The van der Waals surface area contributed by atoms with Crippen LogP contribution in [-0.2, 0) is 14.3 Å². The first-order chi connectivity index (χ1) is 11.9. The summed E-state index contributed by atoms with van der Waals surface area (Å²) >= 11 is 0. The second-order valence-corrected chi connectivity index (χ2v) is 5.12. The minimum atomic E-state index is -1.13. The average Bonchev–Trinajstić information content (AvgIpc) is 2.98. The molecule has 0 spiro atoms. The summed E-state index contributed by atoms with van der Waals surface area (Å²) in [4.78, 5) is 34.1. The zero-order chi connectivity index (χ0) is 18.4. The fourth-order valence-electron chi connectivity index (χ4n) is 1.93. The first-order valence-corrected chi connectivity index (χ1v) is 7.36. The molecule has 0 aliphatic heterocycles. The molecule has 0 unspecified atom stereocenters. The number of nitro benzene ring substituents is 1. The topological polar surface area (TPSA) is 112 Å². The van der Waals surface area contributed by atoms with Gasteiger partial charge in [-0.25, -0.2) is 4.79 Å². The van der Waals surface area contributed by atoms with Crippen molar-refractivity contribution in [1.82, 2.24) is 0 Å². The van der Waals surface area contributed by atoms with E-state index >= 15 is 0 Å². The normalized spacial score (nSPS) is 11.9. The highest BCUT2D eigenvalue weighted by atomic mass is 16.6. The molecule has 1 aromatic carbocycles. The van der Waals surface area contributed by atoms with E-state index in [1.807, 2.05) is 0 Å². The maximum absolute atomic E-state index is 12.0. The number of furan rings is 1. The van der Waals surface area contributed by atoms with E-state index in [2.05, 4.69) is 5.32 Å². The lowest BCUT2D eigenvalue weighted by Gasteiger charge is -2.12. The van der Waals surface area contributed by atoms with Crippen LogP contribution in [0.15, 0.2) is 46.9 Å². The Bertz CT molecular complexity index is 824. The van der Waals surface area contributed by atoms with Crippen molar-refractivity contribution in [3.63, 3.8) is 0 Å². The molecule has 1 heterocycles. The van der Waals surface area contributed by atoms with Gasteiger partial charge >= 0.3 is 5.97 Å². The molecule has 0 radical (unpaired) electrons. The van der Waals surface area contributed by atoms with Crippen LogP contribution in [0.2, 0.25) is 0 Å². The number of rotatable bonds is 6. The van der Waals surface area contributed by atoms with E-state index in [1.165, 1.54) is 31.2 Å². The number of benzene rings is 1. The van der Waals surface area contributed by atoms with E-state index in [-0.39, 0.29) is 11.4 Å². The highest BCUT2D eigenvalue weighted by Gasteiger charge is 2.20. The van der Waals surface area contributed by atoms with E-state index < -0.39 is 22.9 Å². The van der Waals surface area contributed by atoms with Gasteiger partial charge in [0.1, 0.15) is 17.2 Å². The van der Waals surface area contributed by atoms with Crippen LogP contribution in [0.4, 0.5) is 11.4 Å². The minimum absolute atomic E-state index is 0.0296. The van der Waals surface area contributed by atoms with Crippen molar-refractivity contribution < 1.29 is 23.7 Å². The van der Waals surface area contributed by atoms with Gasteiger partial charge in [0, 0.05) is 12.1 Å². The van der Waals surface area contributed by atoms with Crippen molar-refractivity contribution in [2.45, 2.75) is 20.0 Å². The molecule has 1 amide bonds. The third-order valence-electron chi connectivity index (χ3n) is 3.17. The number of para-hydroxylation sites is 2. The molecule has 130 valence electrons. The molecule has 8 nitrogen and oxygen atoms in total. The number of nitro groups is 1. The van der Waals surface area contributed by atoms with Gasteiger partial charge in [-0.2, -0.15) is 0 Å². The number of ether oxygens (including phenoxy) is 1. The summed E-state index contributed by atoms with van der Waals surface area (Å²) in [6.07, 6.45) is 1.42.